The zero-order chi connectivity index (χ0) is 23.9. The number of halogens is 3. The molecule has 0 aliphatic rings. The highest BCUT2D eigenvalue weighted by Gasteiger charge is 2.30. The van der Waals surface area contributed by atoms with Gasteiger partial charge in [0.15, 0.2) is 5.69 Å². The second-order valence-corrected chi connectivity index (χ2v) is 7.45. The van der Waals surface area contributed by atoms with E-state index in [0.29, 0.717) is 30.7 Å². The highest BCUT2D eigenvalue weighted by molar-refractivity contribution is 5.95. The Morgan fingerprint density at radius 1 is 1.28 bits per heavy atom. The number of nitrogens with one attached hydrogen (secondary N) is 1. The number of ether oxygens (including phenoxy) is 1. The van der Waals surface area contributed by atoms with Crippen molar-refractivity contribution in [1.82, 2.24) is 15.1 Å². The smallest absolute Gasteiger partial charge is 0.389 e. The van der Waals surface area contributed by atoms with E-state index < -0.39 is 24.5 Å². The van der Waals surface area contributed by atoms with Crippen LogP contribution in [0.5, 0.6) is 5.75 Å². The number of para-hydroxylation sites is 2. The first-order valence-corrected chi connectivity index (χ1v) is 10.4. The molecule has 0 fully saturated rings. The fraction of sp³-hybridized carbons (Fsp3) is 0.500. The van der Waals surface area contributed by atoms with Crippen LogP contribution in [0.4, 0.5) is 18.9 Å². The molecule has 1 N–H and O–H groups in total. The van der Waals surface area contributed by atoms with E-state index in [9.17, 15) is 22.8 Å². The minimum atomic E-state index is -4.36. The monoisotopic (exact) mass is 454 g/mol. The Bertz CT molecular complexity index is 926. The second-order valence-electron chi connectivity index (χ2n) is 7.45. The summed E-state index contributed by atoms with van der Waals surface area (Å²) < 4.78 is 45.7. The molecule has 0 aliphatic carbocycles. The highest BCUT2D eigenvalue weighted by atomic mass is 19.4. The van der Waals surface area contributed by atoms with E-state index in [-0.39, 0.29) is 24.3 Å². The molecule has 0 bridgehead atoms. The first kappa shape index (κ1) is 25.2. The van der Waals surface area contributed by atoms with Crippen molar-refractivity contribution in [2.45, 2.75) is 51.9 Å². The predicted octanol–water partition coefficient (Wildman–Crippen LogP) is 3.40. The van der Waals surface area contributed by atoms with Crippen molar-refractivity contribution in [3.8, 4) is 5.75 Å². The van der Waals surface area contributed by atoms with Gasteiger partial charge in [-0.25, -0.2) is 0 Å². The number of aromatic nitrogens is 2. The van der Waals surface area contributed by atoms with E-state index in [1.54, 1.807) is 26.0 Å². The zero-order valence-electron chi connectivity index (χ0n) is 18.7. The quantitative estimate of drug-likeness (QED) is 0.527. The maximum absolute atomic E-state index is 12.9. The summed E-state index contributed by atoms with van der Waals surface area (Å²) in [5.74, 6) is -0.168. The molecular weight excluding hydrogens is 425 g/mol. The molecule has 2 aromatic rings. The molecular formula is C22H29F3N4O3. The Morgan fingerprint density at radius 3 is 2.53 bits per heavy atom. The number of aryl methyl sites for hydroxylation is 1. The maximum Gasteiger partial charge on any atom is 0.389 e. The summed E-state index contributed by atoms with van der Waals surface area (Å²) >= 11 is 0. The second kappa shape index (κ2) is 11.0. The van der Waals surface area contributed by atoms with Crippen LogP contribution < -0.4 is 15.0 Å². The summed E-state index contributed by atoms with van der Waals surface area (Å²) in [6.45, 7) is 3.88. The predicted molar refractivity (Wildman–Crippen MR) is 115 cm³/mol. The molecule has 0 radical (unpaired) electrons. The Balaban J connectivity index is 2.19. The van der Waals surface area contributed by atoms with Crippen molar-refractivity contribution in [2.24, 2.45) is 0 Å². The summed E-state index contributed by atoms with van der Waals surface area (Å²) in [5.41, 5.74) is 1.55. The molecule has 0 aliphatic heterocycles. The van der Waals surface area contributed by atoms with E-state index >= 15 is 0 Å². The largest absolute Gasteiger partial charge is 0.489 e. The summed E-state index contributed by atoms with van der Waals surface area (Å²) in [7, 11) is 3.69. The first-order valence-electron chi connectivity index (χ1n) is 10.4. The van der Waals surface area contributed by atoms with E-state index in [2.05, 4.69) is 10.4 Å². The number of nitrogens with zero attached hydrogens (tertiary/aromatic N) is 3. The lowest BCUT2D eigenvalue weighted by atomic mass is 10.0. The van der Waals surface area contributed by atoms with Gasteiger partial charge in [0.25, 0.3) is 5.91 Å². The van der Waals surface area contributed by atoms with Gasteiger partial charge >= 0.3 is 6.18 Å². The Kier molecular flexibility index (Phi) is 8.68. The third kappa shape index (κ3) is 6.48. The van der Waals surface area contributed by atoms with Crippen LogP contribution in [-0.4, -0.2) is 54.9 Å². The normalized spacial score (nSPS) is 12.3. The van der Waals surface area contributed by atoms with Crippen LogP contribution in [0.1, 0.15) is 42.0 Å². The average molecular weight is 454 g/mol. The van der Waals surface area contributed by atoms with Crippen molar-refractivity contribution in [1.29, 1.82) is 0 Å². The van der Waals surface area contributed by atoms with Gasteiger partial charge in [0.1, 0.15) is 24.7 Å². The van der Waals surface area contributed by atoms with Crippen molar-refractivity contribution in [3.63, 3.8) is 0 Å². The third-order valence-corrected chi connectivity index (χ3v) is 4.92. The van der Waals surface area contributed by atoms with Gasteiger partial charge in [-0.3, -0.25) is 9.48 Å². The number of rotatable bonds is 11. The summed E-state index contributed by atoms with van der Waals surface area (Å²) in [6, 6.07) is 6.22. The van der Waals surface area contributed by atoms with Gasteiger partial charge in [0, 0.05) is 38.3 Å². The van der Waals surface area contributed by atoms with E-state index in [1.165, 1.54) is 4.68 Å². The van der Waals surface area contributed by atoms with Gasteiger partial charge in [-0.2, -0.15) is 18.3 Å². The summed E-state index contributed by atoms with van der Waals surface area (Å²) in [5, 5.41) is 6.74. The van der Waals surface area contributed by atoms with E-state index in [1.807, 2.05) is 31.1 Å². The van der Waals surface area contributed by atoms with Gasteiger partial charge in [-0.05, 0) is 31.9 Å². The number of hydrogen-bond donors (Lipinski definition) is 1. The molecule has 10 heteroatoms. The standard InChI is InChI=1S/C22H29F3N4O3/c1-5-17-16(11-12-22(23,24)25)20(27-29(17)6-2)21(31)26-15(13-30)14-32-19-10-8-7-9-18(19)28(3)4/h7-10,13,15H,5-6,11-12,14H2,1-4H3,(H,26,31)/t15-/m1/s1. The zero-order valence-corrected chi connectivity index (χ0v) is 18.7. The lowest BCUT2D eigenvalue weighted by molar-refractivity contribution is -0.134. The fourth-order valence-corrected chi connectivity index (χ4v) is 3.38. The minimum Gasteiger partial charge on any atom is -0.489 e. The number of amides is 1. The Labute approximate surface area is 185 Å². The molecule has 1 amide bonds. The lowest BCUT2D eigenvalue weighted by Gasteiger charge is -2.19. The molecule has 176 valence electrons. The number of benzene rings is 1. The number of carbonyl (C=O) groups is 2. The molecule has 0 saturated heterocycles. The van der Waals surface area contributed by atoms with Crippen LogP contribution in [-0.2, 0) is 24.2 Å². The molecule has 2 rings (SSSR count). The van der Waals surface area contributed by atoms with Crippen molar-refractivity contribution >= 4 is 17.9 Å². The SMILES string of the molecule is CCc1c(CCC(F)(F)F)c(C(=O)N[C@H](C=O)COc2ccccc2N(C)C)nn1CC. The number of aldehydes is 1. The summed E-state index contributed by atoms with van der Waals surface area (Å²) in [6.07, 6.45) is -4.80. The van der Waals surface area contributed by atoms with E-state index in [4.69, 9.17) is 4.74 Å². The molecule has 0 saturated carbocycles. The van der Waals surface area contributed by atoms with Crippen molar-refractivity contribution in [3.05, 3.63) is 41.2 Å². The Hall–Kier alpha value is -3.04. The number of carbonyl (C=O) groups excluding carboxylic acids is 2. The molecule has 1 aromatic heterocycles. The average Bonchev–Trinajstić information content (AvgIpc) is 3.12. The maximum atomic E-state index is 12.9. The van der Waals surface area contributed by atoms with Crippen LogP contribution in [0.25, 0.3) is 0 Å². The molecule has 0 unspecified atom stereocenters. The van der Waals surface area contributed by atoms with Crippen LogP contribution >= 0.6 is 0 Å². The number of alkyl halides is 3. The number of anilines is 1. The first-order chi connectivity index (χ1) is 15.1. The molecule has 0 spiro atoms. The minimum absolute atomic E-state index is 0.0894. The third-order valence-electron chi connectivity index (χ3n) is 4.92. The van der Waals surface area contributed by atoms with Crippen molar-refractivity contribution < 1.29 is 27.5 Å². The van der Waals surface area contributed by atoms with Crippen LogP contribution in [0.2, 0.25) is 0 Å². The molecule has 32 heavy (non-hydrogen) atoms. The summed E-state index contributed by atoms with van der Waals surface area (Å²) in [4.78, 5) is 26.3. The number of hydrogen-bond acceptors (Lipinski definition) is 5. The van der Waals surface area contributed by atoms with Crippen LogP contribution in [0, 0.1) is 0 Å². The Morgan fingerprint density at radius 2 is 1.97 bits per heavy atom. The van der Waals surface area contributed by atoms with Gasteiger partial charge in [-0.1, -0.05) is 19.1 Å². The topological polar surface area (TPSA) is 76.5 Å². The van der Waals surface area contributed by atoms with Crippen LogP contribution in [0.3, 0.4) is 0 Å². The van der Waals surface area contributed by atoms with Gasteiger partial charge in [-0.15, -0.1) is 0 Å². The van der Waals surface area contributed by atoms with Gasteiger partial charge in [0.05, 0.1) is 5.69 Å². The van der Waals surface area contributed by atoms with E-state index in [0.717, 1.165) is 5.69 Å². The highest BCUT2D eigenvalue weighted by Crippen LogP contribution is 2.27. The molecule has 1 atom stereocenters. The fourth-order valence-electron chi connectivity index (χ4n) is 3.38. The molecule has 7 nitrogen and oxygen atoms in total. The molecule has 1 aromatic carbocycles. The molecule has 1 heterocycles. The van der Waals surface area contributed by atoms with Crippen molar-refractivity contribution in [2.75, 3.05) is 25.6 Å². The van der Waals surface area contributed by atoms with Gasteiger partial charge < -0.3 is 19.7 Å². The van der Waals surface area contributed by atoms with Crippen LogP contribution in [0.15, 0.2) is 24.3 Å². The lowest BCUT2D eigenvalue weighted by Crippen LogP contribution is -2.41. The van der Waals surface area contributed by atoms with Gasteiger partial charge in [0.2, 0.25) is 0 Å².